The Morgan fingerprint density at radius 2 is 1.73 bits per heavy atom. The van der Waals surface area contributed by atoms with Gasteiger partial charge in [0.1, 0.15) is 5.75 Å². The highest BCUT2D eigenvalue weighted by Gasteiger charge is 2.24. The van der Waals surface area contributed by atoms with Crippen molar-refractivity contribution in [2.24, 2.45) is 4.99 Å². The molecule has 1 aliphatic heterocycles. The summed E-state index contributed by atoms with van der Waals surface area (Å²) in [4.78, 5) is 27.3. The molecule has 0 radical (unpaired) electrons. The highest BCUT2D eigenvalue weighted by Crippen LogP contribution is 2.22. The van der Waals surface area contributed by atoms with Crippen LogP contribution in [-0.4, -0.2) is 17.8 Å². The van der Waals surface area contributed by atoms with Crippen molar-refractivity contribution in [3.05, 3.63) is 70.9 Å². The van der Waals surface area contributed by atoms with Crippen LogP contribution in [0.5, 0.6) is 5.75 Å². The quantitative estimate of drug-likeness (QED) is 0.474. The molecular formula is C21H19NO4. The first-order valence-electron chi connectivity index (χ1n) is 8.34. The highest BCUT2D eigenvalue weighted by atomic mass is 16.6. The van der Waals surface area contributed by atoms with E-state index in [1.807, 2.05) is 24.3 Å². The number of carbonyl (C=O) groups excluding carboxylic acids is 2. The van der Waals surface area contributed by atoms with E-state index in [9.17, 15) is 9.59 Å². The predicted octanol–water partition coefficient (Wildman–Crippen LogP) is 4.08. The van der Waals surface area contributed by atoms with Gasteiger partial charge >= 0.3 is 11.9 Å². The molecule has 0 fully saturated rings. The topological polar surface area (TPSA) is 65.0 Å². The number of carbonyl (C=O) groups is 2. The van der Waals surface area contributed by atoms with E-state index >= 15 is 0 Å². The molecular weight excluding hydrogens is 330 g/mol. The molecule has 0 unspecified atom stereocenters. The normalized spacial score (nSPS) is 15.2. The van der Waals surface area contributed by atoms with Crippen LogP contribution in [-0.2, 0) is 14.3 Å². The minimum atomic E-state index is -0.489. The number of hydrogen-bond donors (Lipinski definition) is 0. The average Bonchev–Trinajstić information content (AvgIpc) is 2.97. The van der Waals surface area contributed by atoms with Gasteiger partial charge in [-0.25, -0.2) is 9.79 Å². The van der Waals surface area contributed by atoms with Gasteiger partial charge in [-0.05, 0) is 47.4 Å². The van der Waals surface area contributed by atoms with E-state index in [4.69, 9.17) is 9.47 Å². The number of ether oxygens (including phenoxy) is 2. The molecule has 3 rings (SSSR count). The Morgan fingerprint density at radius 1 is 1.08 bits per heavy atom. The first-order valence-corrected chi connectivity index (χ1v) is 8.34. The van der Waals surface area contributed by atoms with Gasteiger partial charge in [-0.3, -0.25) is 4.79 Å². The average molecular weight is 349 g/mol. The first kappa shape index (κ1) is 17.6. The van der Waals surface area contributed by atoms with Crippen molar-refractivity contribution in [2.45, 2.75) is 26.7 Å². The number of cyclic esters (lactones) is 1. The van der Waals surface area contributed by atoms with Crippen LogP contribution in [0.15, 0.2) is 59.2 Å². The highest BCUT2D eigenvalue weighted by molar-refractivity contribution is 6.12. The van der Waals surface area contributed by atoms with E-state index in [-0.39, 0.29) is 11.7 Å². The molecule has 1 heterocycles. The van der Waals surface area contributed by atoms with Crippen LogP contribution in [0.3, 0.4) is 0 Å². The summed E-state index contributed by atoms with van der Waals surface area (Å²) in [7, 11) is 0. The van der Waals surface area contributed by atoms with Crippen LogP contribution < -0.4 is 4.74 Å². The summed E-state index contributed by atoms with van der Waals surface area (Å²) in [5.74, 6) is 0.309. The number of benzene rings is 2. The summed E-state index contributed by atoms with van der Waals surface area (Å²) in [5, 5.41) is 0. The molecule has 132 valence electrons. The third-order valence-corrected chi connectivity index (χ3v) is 3.89. The van der Waals surface area contributed by atoms with E-state index in [2.05, 4.69) is 18.8 Å². The largest absolute Gasteiger partial charge is 0.427 e. The number of nitrogens with zero attached hydrogens (tertiary/aromatic N) is 1. The molecule has 0 aliphatic carbocycles. The lowest BCUT2D eigenvalue weighted by molar-refractivity contribution is -0.132. The summed E-state index contributed by atoms with van der Waals surface area (Å²) in [6.45, 7) is 5.58. The molecule has 5 nitrogen and oxygen atoms in total. The third kappa shape index (κ3) is 4.06. The Kier molecular flexibility index (Phi) is 4.98. The van der Waals surface area contributed by atoms with Crippen LogP contribution in [0.25, 0.3) is 6.08 Å². The summed E-state index contributed by atoms with van der Waals surface area (Å²) in [5.41, 5.74) is 2.96. The first-order chi connectivity index (χ1) is 12.4. The number of rotatable bonds is 4. The molecule has 0 saturated heterocycles. The number of hydrogen-bond acceptors (Lipinski definition) is 5. The van der Waals surface area contributed by atoms with Gasteiger partial charge in [0.15, 0.2) is 5.70 Å². The molecule has 5 heteroatoms. The predicted molar refractivity (Wildman–Crippen MR) is 98.9 cm³/mol. The van der Waals surface area contributed by atoms with Crippen LogP contribution in [0.4, 0.5) is 0 Å². The molecule has 2 aromatic carbocycles. The zero-order valence-corrected chi connectivity index (χ0v) is 14.9. The van der Waals surface area contributed by atoms with Gasteiger partial charge in [-0.1, -0.05) is 38.1 Å². The summed E-state index contributed by atoms with van der Waals surface area (Å²) in [6, 6.07) is 14.6. The Hall–Kier alpha value is -3.21. The van der Waals surface area contributed by atoms with Gasteiger partial charge in [0, 0.05) is 12.5 Å². The van der Waals surface area contributed by atoms with Gasteiger partial charge in [0.2, 0.25) is 5.90 Å². The lowest BCUT2D eigenvalue weighted by Crippen LogP contribution is -2.05. The van der Waals surface area contributed by atoms with Crippen LogP contribution >= 0.6 is 0 Å². The van der Waals surface area contributed by atoms with Gasteiger partial charge < -0.3 is 9.47 Å². The zero-order valence-electron chi connectivity index (χ0n) is 14.9. The van der Waals surface area contributed by atoms with E-state index < -0.39 is 5.97 Å². The van der Waals surface area contributed by atoms with E-state index in [0.29, 0.717) is 17.6 Å². The maximum atomic E-state index is 12.1. The fourth-order valence-corrected chi connectivity index (χ4v) is 2.50. The van der Waals surface area contributed by atoms with Gasteiger partial charge in [0.05, 0.1) is 0 Å². The monoisotopic (exact) mass is 349 g/mol. The molecule has 2 aromatic rings. The van der Waals surface area contributed by atoms with Gasteiger partial charge in [-0.15, -0.1) is 0 Å². The third-order valence-electron chi connectivity index (χ3n) is 3.89. The summed E-state index contributed by atoms with van der Waals surface area (Å²) >= 11 is 0. The Bertz CT molecular complexity index is 891. The van der Waals surface area contributed by atoms with Crippen molar-refractivity contribution in [3.8, 4) is 5.75 Å². The second kappa shape index (κ2) is 7.35. The number of esters is 2. The van der Waals surface area contributed by atoms with Crippen LogP contribution in [0.2, 0.25) is 0 Å². The Balaban J connectivity index is 1.80. The molecule has 1 aliphatic rings. The standard InChI is InChI=1S/C21H19NO4/c1-13(2)16-6-8-17(9-7-16)20-22-19(21(24)26-20)12-15-4-10-18(11-5-15)25-14(3)23/h4-13H,1-3H3/b19-12-. The molecule has 0 saturated carbocycles. The summed E-state index contributed by atoms with van der Waals surface area (Å²) in [6.07, 6.45) is 1.63. The molecule has 0 N–H and O–H groups in total. The van der Waals surface area contributed by atoms with Crippen molar-refractivity contribution in [2.75, 3.05) is 0 Å². The molecule has 0 atom stereocenters. The van der Waals surface area contributed by atoms with E-state index in [1.54, 1.807) is 30.3 Å². The van der Waals surface area contributed by atoms with Crippen molar-refractivity contribution in [3.63, 3.8) is 0 Å². The minimum Gasteiger partial charge on any atom is -0.427 e. The number of aliphatic imine (C=N–C) groups is 1. The SMILES string of the molecule is CC(=O)Oc1ccc(/C=C2\N=C(c3ccc(C(C)C)cc3)OC2=O)cc1. The molecule has 0 aromatic heterocycles. The molecule has 26 heavy (non-hydrogen) atoms. The molecule has 0 bridgehead atoms. The van der Waals surface area contributed by atoms with Gasteiger partial charge in [0.25, 0.3) is 0 Å². The second-order valence-corrected chi connectivity index (χ2v) is 6.28. The molecule has 0 spiro atoms. The van der Waals surface area contributed by atoms with E-state index in [0.717, 1.165) is 11.1 Å². The maximum Gasteiger partial charge on any atom is 0.363 e. The minimum absolute atomic E-state index is 0.230. The fourth-order valence-electron chi connectivity index (χ4n) is 2.50. The van der Waals surface area contributed by atoms with Crippen molar-refractivity contribution in [1.82, 2.24) is 0 Å². The Morgan fingerprint density at radius 3 is 2.31 bits per heavy atom. The lowest BCUT2D eigenvalue weighted by atomic mass is 10.0. The molecule has 0 amide bonds. The van der Waals surface area contributed by atoms with Crippen LogP contribution in [0, 0.1) is 0 Å². The van der Waals surface area contributed by atoms with Crippen molar-refractivity contribution < 1.29 is 19.1 Å². The van der Waals surface area contributed by atoms with E-state index in [1.165, 1.54) is 12.5 Å². The van der Waals surface area contributed by atoms with Crippen molar-refractivity contribution in [1.29, 1.82) is 0 Å². The fraction of sp³-hybridized carbons (Fsp3) is 0.190. The maximum absolute atomic E-state index is 12.1. The van der Waals surface area contributed by atoms with Crippen molar-refractivity contribution >= 4 is 23.9 Å². The lowest BCUT2D eigenvalue weighted by Gasteiger charge is -2.05. The zero-order chi connectivity index (χ0) is 18.7. The smallest absolute Gasteiger partial charge is 0.363 e. The summed E-state index contributed by atoms with van der Waals surface area (Å²) < 4.78 is 10.3. The Labute approximate surface area is 152 Å². The second-order valence-electron chi connectivity index (χ2n) is 6.28. The van der Waals surface area contributed by atoms with Gasteiger partial charge in [-0.2, -0.15) is 0 Å². The van der Waals surface area contributed by atoms with Crippen LogP contribution in [0.1, 0.15) is 43.4 Å².